The maximum absolute atomic E-state index is 13.0. The average Bonchev–Trinajstić information content (AvgIpc) is 2.92. The van der Waals surface area contributed by atoms with Gasteiger partial charge in [-0.1, -0.05) is 12.1 Å². The van der Waals surface area contributed by atoms with Crippen molar-refractivity contribution in [1.29, 1.82) is 0 Å². The zero-order valence-electron chi connectivity index (χ0n) is 14.6. The van der Waals surface area contributed by atoms with Crippen LogP contribution >= 0.6 is 11.8 Å². The van der Waals surface area contributed by atoms with Crippen LogP contribution in [0.2, 0.25) is 0 Å². The molecule has 2 aromatic carbocycles. The lowest BCUT2D eigenvalue weighted by molar-refractivity contribution is -0.127. The van der Waals surface area contributed by atoms with E-state index in [2.05, 4.69) is 5.32 Å². The number of amides is 3. The Bertz CT molecular complexity index is 1050. The van der Waals surface area contributed by atoms with Crippen molar-refractivity contribution in [3.05, 3.63) is 64.3 Å². The van der Waals surface area contributed by atoms with Gasteiger partial charge in [-0.2, -0.15) is 0 Å². The summed E-state index contributed by atoms with van der Waals surface area (Å²) in [6, 6.07) is 8.64. The average molecular weight is 416 g/mol. The molecule has 148 valence electrons. The van der Waals surface area contributed by atoms with Crippen molar-refractivity contribution in [3.63, 3.8) is 0 Å². The number of aromatic hydroxyl groups is 1. The van der Waals surface area contributed by atoms with Crippen LogP contribution in [0, 0.1) is 5.82 Å². The molecule has 8 nitrogen and oxygen atoms in total. The molecule has 1 heterocycles. The van der Waals surface area contributed by atoms with Crippen molar-refractivity contribution in [2.45, 2.75) is 0 Å². The van der Waals surface area contributed by atoms with Crippen LogP contribution < -0.4 is 5.32 Å². The zero-order chi connectivity index (χ0) is 21.1. The molecule has 3 rings (SSSR count). The van der Waals surface area contributed by atoms with Crippen LogP contribution in [0.3, 0.4) is 0 Å². The Balaban J connectivity index is 1.73. The molecule has 1 fully saturated rings. The van der Waals surface area contributed by atoms with Crippen LogP contribution in [0.1, 0.15) is 15.9 Å². The molecule has 2 aromatic rings. The number of carbonyl (C=O) groups is 4. The Morgan fingerprint density at radius 1 is 1.14 bits per heavy atom. The van der Waals surface area contributed by atoms with E-state index in [-0.39, 0.29) is 21.9 Å². The Labute approximate surface area is 167 Å². The number of benzene rings is 2. The second-order valence-corrected chi connectivity index (χ2v) is 6.90. The number of halogens is 1. The van der Waals surface area contributed by atoms with Gasteiger partial charge in [0.2, 0.25) is 5.91 Å². The second kappa shape index (κ2) is 8.15. The van der Waals surface area contributed by atoms with Gasteiger partial charge in [-0.05, 0) is 53.7 Å². The summed E-state index contributed by atoms with van der Waals surface area (Å²) in [5.74, 6) is -3.59. The van der Waals surface area contributed by atoms with Crippen LogP contribution in [0.5, 0.6) is 5.75 Å². The molecular formula is C19H13FN2O6S. The molecule has 3 amide bonds. The molecule has 0 atom stereocenters. The molecule has 1 aliphatic heterocycles. The SMILES string of the molecule is O=C(CN1C(=O)SC(=Cc2ccc(F)cc2)C1=O)Nc1ccc(O)cc1C(=O)O. The van der Waals surface area contributed by atoms with Gasteiger partial charge < -0.3 is 15.5 Å². The molecule has 1 saturated heterocycles. The van der Waals surface area contributed by atoms with Gasteiger partial charge in [0.15, 0.2) is 0 Å². The van der Waals surface area contributed by atoms with E-state index < -0.39 is 35.4 Å². The van der Waals surface area contributed by atoms with E-state index in [1.54, 1.807) is 0 Å². The number of anilines is 1. The van der Waals surface area contributed by atoms with Gasteiger partial charge in [0.25, 0.3) is 11.1 Å². The predicted octanol–water partition coefficient (Wildman–Crippen LogP) is 2.90. The van der Waals surface area contributed by atoms with Gasteiger partial charge in [0.1, 0.15) is 18.1 Å². The summed E-state index contributed by atoms with van der Waals surface area (Å²) in [5, 5.41) is 20.2. The smallest absolute Gasteiger partial charge is 0.337 e. The molecule has 0 bridgehead atoms. The summed E-state index contributed by atoms with van der Waals surface area (Å²) in [6.45, 7) is -0.620. The van der Waals surface area contributed by atoms with Gasteiger partial charge in [0, 0.05) is 0 Å². The van der Waals surface area contributed by atoms with E-state index in [1.807, 2.05) is 0 Å². The normalized spacial score (nSPS) is 15.1. The summed E-state index contributed by atoms with van der Waals surface area (Å²) in [4.78, 5) is 48.8. The van der Waals surface area contributed by atoms with E-state index in [1.165, 1.54) is 42.5 Å². The highest BCUT2D eigenvalue weighted by molar-refractivity contribution is 8.18. The molecular weight excluding hydrogens is 403 g/mol. The van der Waals surface area contributed by atoms with Crippen LogP contribution in [0.15, 0.2) is 47.4 Å². The summed E-state index contributed by atoms with van der Waals surface area (Å²) < 4.78 is 13.0. The Kier molecular flexibility index (Phi) is 5.64. The van der Waals surface area contributed by atoms with Crippen molar-refractivity contribution >= 4 is 46.5 Å². The van der Waals surface area contributed by atoms with Crippen LogP contribution in [0.25, 0.3) is 6.08 Å². The van der Waals surface area contributed by atoms with Gasteiger partial charge in [0.05, 0.1) is 16.2 Å². The van der Waals surface area contributed by atoms with E-state index >= 15 is 0 Å². The van der Waals surface area contributed by atoms with Crippen molar-refractivity contribution < 1.29 is 33.8 Å². The number of phenols is 1. The van der Waals surface area contributed by atoms with Gasteiger partial charge in [-0.15, -0.1) is 0 Å². The lowest BCUT2D eigenvalue weighted by Gasteiger charge is -2.13. The Morgan fingerprint density at radius 2 is 1.83 bits per heavy atom. The van der Waals surface area contributed by atoms with Gasteiger partial charge in [-0.3, -0.25) is 19.3 Å². The minimum Gasteiger partial charge on any atom is -0.508 e. The molecule has 0 spiro atoms. The lowest BCUT2D eigenvalue weighted by Crippen LogP contribution is -2.36. The van der Waals surface area contributed by atoms with Gasteiger partial charge >= 0.3 is 5.97 Å². The number of aromatic carboxylic acids is 1. The molecule has 0 radical (unpaired) electrons. The van der Waals surface area contributed by atoms with E-state index in [0.29, 0.717) is 17.3 Å². The number of nitrogens with zero attached hydrogens (tertiary/aromatic N) is 1. The third kappa shape index (κ3) is 4.61. The first-order valence-corrected chi connectivity index (χ1v) is 8.93. The standard InChI is InChI=1S/C19H13FN2O6S/c20-11-3-1-10(2-4-11)7-15-17(25)22(19(28)29-15)9-16(24)21-14-6-5-12(23)8-13(14)18(26)27/h1-8,23H,9H2,(H,21,24)(H,26,27). The monoisotopic (exact) mass is 416 g/mol. The number of nitrogens with one attached hydrogen (secondary N) is 1. The molecule has 1 aliphatic rings. The maximum Gasteiger partial charge on any atom is 0.337 e. The van der Waals surface area contributed by atoms with Crippen LogP contribution in [-0.2, 0) is 9.59 Å². The summed E-state index contributed by atoms with van der Waals surface area (Å²) in [5.41, 5.74) is 0.0781. The number of phenolic OH excluding ortho intramolecular Hbond substituents is 1. The highest BCUT2D eigenvalue weighted by Crippen LogP contribution is 2.32. The predicted molar refractivity (Wildman–Crippen MR) is 103 cm³/mol. The minimum absolute atomic E-state index is 0.0743. The summed E-state index contributed by atoms with van der Waals surface area (Å²) >= 11 is 0.637. The number of carboxylic acid groups (broad SMARTS) is 1. The summed E-state index contributed by atoms with van der Waals surface area (Å²) in [7, 11) is 0. The third-order valence-electron chi connectivity index (χ3n) is 3.85. The number of rotatable bonds is 5. The quantitative estimate of drug-likeness (QED) is 0.506. The zero-order valence-corrected chi connectivity index (χ0v) is 15.4. The molecule has 0 aromatic heterocycles. The Hall–Kier alpha value is -3.66. The fourth-order valence-electron chi connectivity index (χ4n) is 2.50. The fourth-order valence-corrected chi connectivity index (χ4v) is 3.34. The highest BCUT2D eigenvalue weighted by Gasteiger charge is 2.36. The maximum atomic E-state index is 13.0. The second-order valence-electron chi connectivity index (χ2n) is 5.90. The first-order valence-electron chi connectivity index (χ1n) is 8.11. The highest BCUT2D eigenvalue weighted by atomic mass is 32.2. The number of carboxylic acids is 1. The molecule has 29 heavy (non-hydrogen) atoms. The number of thioether (sulfide) groups is 1. The number of imide groups is 1. The minimum atomic E-state index is -1.37. The van der Waals surface area contributed by atoms with Crippen LogP contribution in [-0.4, -0.2) is 44.7 Å². The number of hydrogen-bond donors (Lipinski definition) is 3. The number of hydrogen-bond acceptors (Lipinski definition) is 6. The number of carbonyl (C=O) groups excluding carboxylic acids is 3. The lowest BCUT2D eigenvalue weighted by atomic mass is 10.1. The first kappa shape index (κ1) is 20.1. The largest absolute Gasteiger partial charge is 0.508 e. The molecule has 10 heteroatoms. The molecule has 0 saturated carbocycles. The van der Waals surface area contributed by atoms with Crippen LogP contribution in [0.4, 0.5) is 14.9 Å². The molecule has 0 aliphatic carbocycles. The van der Waals surface area contributed by atoms with E-state index in [4.69, 9.17) is 5.11 Å². The van der Waals surface area contributed by atoms with E-state index in [9.17, 15) is 28.7 Å². The summed E-state index contributed by atoms with van der Waals surface area (Å²) in [6.07, 6.45) is 1.41. The molecule has 0 unspecified atom stereocenters. The van der Waals surface area contributed by atoms with Crippen molar-refractivity contribution in [3.8, 4) is 5.75 Å². The van der Waals surface area contributed by atoms with Gasteiger partial charge in [-0.25, -0.2) is 9.18 Å². The van der Waals surface area contributed by atoms with Crippen molar-refractivity contribution in [2.24, 2.45) is 0 Å². The third-order valence-corrected chi connectivity index (χ3v) is 4.76. The Morgan fingerprint density at radius 3 is 2.48 bits per heavy atom. The van der Waals surface area contributed by atoms with E-state index in [0.717, 1.165) is 11.0 Å². The molecule has 3 N–H and O–H groups in total. The van der Waals surface area contributed by atoms with Crippen molar-refractivity contribution in [1.82, 2.24) is 4.90 Å². The topological polar surface area (TPSA) is 124 Å². The van der Waals surface area contributed by atoms with Crippen molar-refractivity contribution in [2.75, 3.05) is 11.9 Å². The fraction of sp³-hybridized carbons (Fsp3) is 0.0526. The first-order chi connectivity index (χ1) is 13.7.